The van der Waals surface area contributed by atoms with Crippen LogP contribution in [0.15, 0.2) is 48.5 Å². The molecule has 1 heterocycles. The van der Waals surface area contributed by atoms with E-state index in [1.807, 2.05) is 29.2 Å². The lowest BCUT2D eigenvalue weighted by molar-refractivity contribution is 0.0622. The monoisotopic (exact) mass is 396 g/mol. The smallest absolute Gasteiger partial charge is 0.257 e. The van der Waals surface area contributed by atoms with Gasteiger partial charge in [0.2, 0.25) is 0 Å². The van der Waals surface area contributed by atoms with Crippen molar-refractivity contribution in [2.75, 3.05) is 46.5 Å². The highest BCUT2D eigenvalue weighted by atomic mass is 16.5. The molecular weight excluding hydrogens is 364 g/mol. The average Bonchev–Trinajstić information content (AvgIpc) is 2.75. The molecule has 1 amide bonds. The number of methoxy groups -OCH3 is 1. The summed E-state index contributed by atoms with van der Waals surface area (Å²) in [6, 6.07) is 16.4. The summed E-state index contributed by atoms with van der Waals surface area (Å²) in [5, 5.41) is 0. The number of benzene rings is 2. The third-order valence-corrected chi connectivity index (χ3v) is 5.37. The van der Waals surface area contributed by atoms with E-state index in [0.717, 1.165) is 32.7 Å². The Balaban J connectivity index is 1.54. The van der Waals surface area contributed by atoms with Crippen molar-refractivity contribution in [1.29, 1.82) is 0 Å². The van der Waals surface area contributed by atoms with Gasteiger partial charge in [-0.15, -0.1) is 0 Å². The molecule has 0 aliphatic carbocycles. The number of piperazine rings is 1. The van der Waals surface area contributed by atoms with Crippen LogP contribution in [0.3, 0.4) is 0 Å². The van der Waals surface area contributed by atoms with E-state index in [1.54, 1.807) is 7.11 Å². The molecule has 0 N–H and O–H groups in total. The van der Waals surface area contributed by atoms with Gasteiger partial charge in [-0.3, -0.25) is 9.69 Å². The van der Waals surface area contributed by atoms with E-state index in [-0.39, 0.29) is 5.91 Å². The van der Waals surface area contributed by atoms with Crippen molar-refractivity contribution in [2.45, 2.75) is 26.3 Å². The third-order valence-electron chi connectivity index (χ3n) is 5.37. The molecule has 0 atom stereocenters. The molecule has 29 heavy (non-hydrogen) atoms. The highest BCUT2D eigenvalue weighted by Gasteiger charge is 2.24. The highest BCUT2D eigenvalue weighted by molar-refractivity contribution is 5.97. The molecule has 5 heteroatoms. The van der Waals surface area contributed by atoms with Gasteiger partial charge in [0.15, 0.2) is 0 Å². The number of rotatable bonds is 8. The van der Waals surface area contributed by atoms with Crippen molar-refractivity contribution >= 4 is 5.91 Å². The van der Waals surface area contributed by atoms with Crippen molar-refractivity contribution in [3.63, 3.8) is 0 Å². The van der Waals surface area contributed by atoms with Crippen LogP contribution in [0.5, 0.6) is 5.75 Å². The van der Waals surface area contributed by atoms with E-state index in [2.05, 4.69) is 43.0 Å². The van der Waals surface area contributed by atoms with Crippen molar-refractivity contribution in [1.82, 2.24) is 9.80 Å². The summed E-state index contributed by atoms with van der Waals surface area (Å²) in [5.74, 6) is 1.22. The zero-order chi connectivity index (χ0) is 20.6. The van der Waals surface area contributed by atoms with Crippen molar-refractivity contribution in [2.24, 2.45) is 0 Å². The van der Waals surface area contributed by atoms with Crippen LogP contribution in [-0.2, 0) is 11.3 Å². The Kier molecular flexibility index (Phi) is 7.67. The quantitative estimate of drug-likeness (QED) is 0.637. The Morgan fingerprint density at radius 2 is 1.66 bits per heavy atom. The largest absolute Gasteiger partial charge is 0.490 e. The second-order valence-electron chi connectivity index (χ2n) is 7.80. The summed E-state index contributed by atoms with van der Waals surface area (Å²) in [6.07, 6.45) is 0. The van der Waals surface area contributed by atoms with Crippen LogP contribution in [0, 0.1) is 0 Å². The van der Waals surface area contributed by atoms with E-state index in [4.69, 9.17) is 9.47 Å². The molecule has 0 radical (unpaired) electrons. The van der Waals surface area contributed by atoms with Crippen LogP contribution < -0.4 is 4.74 Å². The molecule has 2 aromatic rings. The molecule has 3 rings (SSSR count). The summed E-state index contributed by atoms with van der Waals surface area (Å²) in [7, 11) is 1.64. The molecule has 0 saturated carbocycles. The van der Waals surface area contributed by atoms with Gasteiger partial charge in [0.25, 0.3) is 5.91 Å². The first-order chi connectivity index (χ1) is 14.1. The van der Waals surface area contributed by atoms with Crippen LogP contribution in [0.1, 0.15) is 41.3 Å². The number of carbonyl (C=O) groups excluding carboxylic acids is 1. The van der Waals surface area contributed by atoms with Gasteiger partial charge in [0.05, 0.1) is 12.2 Å². The van der Waals surface area contributed by atoms with Gasteiger partial charge in [-0.1, -0.05) is 50.2 Å². The van der Waals surface area contributed by atoms with Crippen LogP contribution in [0.25, 0.3) is 0 Å². The standard InChI is InChI=1S/C24H32N2O3/c1-19(2)21-10-8-20(9-11-21)18-25-12-14-26(15-13-25)24(27)22-6-4-5-7-23(22)29-17-16-28-3/h4-11,19H,12-18H2,1-3H3. The van der Waals surface area contributed by atoms with Gasteiger partial charge < -0.3 is 14.4 Å². The van der Waals surface area contributed by atoms with Crippen LogP contribution >= 0.6 is 0 Å². The molecule has 2 aromatic carbocycles. The first-order valence-electron chi connectivity index (χ1n) is 10.4. The number of ether oxygens (including phenoxy) is 2. The summed E-state index contributed by atoms with van der Waals surface area (Å²) >= 11 is 0. The lowest BCUT2D eigenvalue weighted by Crippen LogP contribution is -2.48. The Morgan fingerprint density at radius 1 is 0.966 bits per heavy atom. The minimum Gasteiger partial charge on any atom is -0.490 e. The topological polar surface area (TPSA) is 42.0 Å². The fourth-order valence-electron chi connectivity index (χ4n) is 3.55. The number of amides is 1. The van der Waals surface area contributed by atoms with Gasteiger partial charge in [-0.2, -0.15) is 0 Å². The van der Waals surface area contributed by atoms with Crippen molar-refractivity contribution < 1.29 is 14.3 Å². The third kappa shape index (κ3) is 5.81. The maximum Gasteiger partial charge on any atom is 0.257 e. The molecule has 1 aliphatic rings. The van der Waals surface area contributed by atoms with Gasteiger partial charge in [-0.25, -0.2) is 0 Å². The average molecular weight is 397 g/mol. The highest BCUT2D eigenvalue weighted by Crippen LogP contribution is 2.21. The lowest BCUT2D eigenvalue weighted by Gasteiger charge is -2.35. The van der Waals surface area contributed by atoms with E-state index in [1.165, 1.54) is 11.1 Å². The number of hydrogen-bond donors (Lipinski definition) is 0. The van der Waals surface area contributed by atoms with Crippen molar-refractivity contribution in [3.8, 4) is 5.75 Å². The number of carbonyl (C=O) groups is 1. The molecule has 0 unspecified atom stereocenters. The van der Waals surface area contributed by atoms with Gasteiger partial charge >= 0.3 is 0 Å². The first kappa shape index (κ1) is 21.3. The molecular formula is C24H32N2O3. The van der Waals surface area contributed by atoms with E-state index < -0.39 is 0 Å². The SMILES string of the molecule is COCCOc1ccccc1C(=O)N1CCN(Cc2ccc(C(C)C)cc2)CC1. The Hall–Kier alpha value is -2.37. The number of hydrogen-bond acceptors (Lipinski definition) is 4. The summed E-state index contributed by atoms with van der Waals surface area (Å²) < 4.78 is 10.8. The molecule has 0 spiro atoms. The molecule has 1 saturated heterocycles. The normalized spacial score (nSPS) is 15.0. The minimum absolute atomic E-state index is 0.0407. The van der Waals surface area contributed by atoms with Crippen LogP contribution in [0.2, 0.25) is 0 Å². The van der Waals surface area contributed by atoms with Gasteiger partial charge in [0, 0.05) is 39.8 Å². The molecule has 5 nitrogen and oxygen atoms in total. The molecule has 1 fully saturated rings. The number of para-hydroxylation sites is 1. The predicted molar refractivity (Wildman–Crippen MR) is 116 cm³/mol. The summed E-state index contributed by atoms with van der Waals surface area (Å²) in [5.41, 5.74) is 3.32. The molecule has 156 valence electrons. The lowest BCUT2D eigenvalue weighted by atomic mass is 10.0. The summed E-state index contributed by atoms with van der Waals surface area (Å²) in [6.45, 7) is 9.51. The van der Waals surface area contributed by atoms with Crippen molar-refractivity contribution in [3.05, 3.63) is 65.2 Å². The zero-order valence-corrected chi connectivity index (χ0v) is 17.8. The summed E-state index contributed by atoms with van der Waals surface area (Å²) in [4.78, 5) is 17.4. The van der Waals surface area contributed by atoms with E-state index >= 15 is 0 Å². The predicted octanol–water partition coefficient (Wildman–Crippen LogP) is 3.79. The Bertz CT molecular complexity index is 781. The second-order valence-corrected chi connectivity index (χ2v) is 7.80. The molecule has 0 bridgehead atoms. The Labute approximate surface area is 174 Å². The maximum absolute atomic E-state index is 13.0. The first-order valence-corrected chi connectivity index (χ1v) is 10.4. The van der Waals surface area contributed by atoms with E-state index in [9.17, 15) is 4.79 Å². The van der Waals surface area contributed by atoms with Crippen LogP contribution in [-0.4, -0.2) is 62.2 Å². The minimum atomic E-state index is 0.0407. The van der Waals surface area contributed by atoms with Gasteiger partial charge in [0.1, 0.15) is 12.4 Å². The molecule has 1 aliphatic heterocycles. The van der Waals surface area contributed by atoms with Gasteiger partial charge in [-0.05, 0) is 29.2 Å². The fraction of sp³-hybridized carbons (Fsp3) is 0.458. The Morgan fingerprint density at radius 3 is 2.31 bits per heavy atom. The number of nitrogens with zero attached hydrogens (tertiary/aromatic N) is 2. The molecule has 0 aromatic heterocycles. The maximum atomic E-state index is 13.0. The van der Waals surface area contributed by atoms with Crippen LogP contribution in [0.4, 0.5) is 0 Å². The van der Waals surface area contributed by atoms with E-state index in [0.29, 0.717) is 30.4 Å². The zero-order valence-electron chi connectivity index (χ0n) is 17.8. The second kappa shape index (κ2) is 10.4. The fourth-order valence-corrected chi connectivity index (χ4v) is 3.55.